The zero-order valence-corrected chi connectivity index (χ0v) is 7.74. The highest BCUT2D eigenvalue weighted by molar-refractivity contribution is 9.08. The van der Waals surface area contributed by atoms with E-state index in [0.717, 1.165) is 17.2 Å². The molecule has 4 heteroatoms. The summed E-state index contributed by atoms with van der Waals surface area (Å²) >= 11 is 3.27. The van der Waals surface area contributed by atoms with Gasteiger partial charge in [0.25, 0.3) is 0 Å². The van der Waals surface area contributed by atoms with Crippen LogP contribution in [0.3, 0.4) is 0 Å². The van der Waals surface area contributed by atoms with Gasteiger partial charge >= 0.3 is 0 Å². The Bertz CT molecular complexity index is 353. The van der Waals surface area contributed by atoms with Crippen molar-refractivity contribution in [3.8, 4) is 11.5 Å². The fraction of sp³-hybridized carbons (Fsp3) is 0.125. The first-order chi connectivity index (χ1) is 5.90. The zero-order valence-electron chi connectivity index (χ0n) is 6.16. The molecule has 0 aliphatic rings. The lowest BCUT2D eigenvalue weighted by Gasteiger charge is -1.82. The zero-order chi connectivity index (χ0) is 8.39. The molecule has 0 spiro atoms. The largest absolute Gasteiger partial charge is 0.463 e. The molecule has 62 valence electrons. The summed E-state index contributed by atoms with van der Waals surface area (Å²) in [5, 5.41) is 4.50. The number of hydrogen-bond donors (Lipinski definition) is 0. The van der Waals surface area contributed by atoms with Crippen molar-refractivity contribution in [2.24, 2.45) is 0 Å². The fourth-order valence-electron chi connectivity index (χ4n) is 0.916. The van der Waals surface area contributed by atoms with Gasteiger partial charge in [-0.05, 0) is 12.1 Å². The highest BCUT2D eigenvalue weighted by Gasteiger charge is 2.06. The van der Waals surface area contributed by atoms with Crippen LogP contribution in [0.25, 0.3) is 11.5 Å². The highest BCUT2D eigenvalue weighted by atomic mass is 79.9. The normalized spacial score (nSPS) is 10.4. The van der Waals surface area contributed by atoms with Gasteiger partial charge in [-0.2, -0.15) is 0 Å². The summed E-state index contributed by atoms with van der Waals surface area (Å²) in [6.45, 7) is 0. The molecule has 0 N–H and O–H groups in total. The third-order valence-electron chi connectivity index (χ3n) is 1.46. The standard InChI is InChI=1S/C8H6BrNO2/c9-5-6-4-7(10-12-6)8-2-1-3-11-8/h1-4H,5H2. The van der Waals surface area contributed by atoms with Crippen LogP contribution in [0, 0.1) is 0 Å². The van der Waals surface area contributed by atoms with Gasteiger partial charge in [-0.25, -0.2) is 0 Å². The number of rotatable bonds is 2. The van der Waals surface area contributed by atoms with Crippen LogP contribution in [0.5, 0.6) is 0 Å². The number of halogens is 1. The lowest BCUT2D eigenvalue weighted by atomic mass is 10.3. The molecule has 3 nitrogen and oxygen atoms in total. The van der Waals surface area contributed by atoms with Crippen LogP contribution < -0.4 is 0 Å². The monoisotopic (exact) mass is 227 g/mol. The van der Waals surface area contributed by atoms with Crippen molar-refractivity contribution < 1.29 is 8.94 Å². The Morgan fingerprint density at radius 1 is 1.50 bits per heavy atom. The molecule has 2 heterocycles. The van der Waals surface area contributed by atoms with Crippen molar-refractivity contribution in [3.05, 3.63) is 30.2 Å². The van der Waals surface area contributed by atoms with Crippen LogP contribution in [0.15, 0.2) is 33.4 Å². The molecule has 0 saturated carbocycles. The molecule has 0 fully saturated rings. The van der Waals surface area contributed by atoms with Crippen LogP contribution >= 0.6 is 15.9 Å². The SMILES string of the molecule is BrCc1cc(-c2ccco2)no1. The highest BCUT2D eigenvalue weighted by Crippen LogP contribution is 2.20. The van der Waals surface area contributed by atoms with E-state index in [2.05, 4.69) is 21.1 Å². The second kappa shape index (κ2) is 3.15. The van der Waals surface area contributed by atoms with Crippen LogP contribution in [0.2, 0.25) is 0 Å². The molecule has 2 aromatic heterocycles. The van der Waals surface area contributed by atoms with E-state index in [1.165, 1.54) is 0 Å². The van der Waals surface area contributed by atoms with Crippen molar-refractivity contribution >= 4 is 15.9 Å². The Morgan fingerprint density at radius 2 is 2.42 bits per heavy atom. The van der Waals surface area contributed by atoms with Crippen LogP contribution in [0.1, 0.15) is 5.76 Å². The van der Waals surface area contributed by atoms with Gasteiger partial charge in [0.05, 0.1) is 11.6 Å². The Balaban J connectivity index is 2.35. The molecular weight excluding hydrogens is 222 g/mol. The second-order valence-corrected chi connectivity index (χ2v) is 2.85. The smallest absolute Gasteiger partial charge is 0.155 e. The minimum atomic E-state index is 0.667. The van der Waals surface area contributed by atoms with E-state index in [0.29, 0.717) is 5.33 Å². The Hall–Kier alpha value is -1.03. The topological polar surface area (TPSA) is 39.2 Å². The van der Waals surface area contributed by atoms with Crippen molar-refractivity contribution in [3.63, 3.8) is 0 Å². The first-order valence-electron chi connectivity index (χ1n) is 3.45. The molecule has 12 heavy (non-hydrogen) atoms. The summed E-state index contributed by atoms with van der Waals surface area (Å²) in [6, 6.07) is 5.50. The van der Waals surface area contributed by atoms with Crippen molar-refractivity contribution in [1.29, 1.82) is 0 Å². The molecule has 0 aromatic carbocycles. The molecule has 0 radical (unpaired) electrons. The first-order valence-corrected chi connectivity index (χ1v) is 4.58. The predicted molar refractivity (Wildman–Crippen MR) is 46.8 cm³/mol. The minimum absolute atomic E-state index is 0.667. The summed E-state index contributed by atoms with van der Waals surface area (Å²) in [5.74, 6) is 1.52. The Morgan fingerprint density at radius 3 is 3.00 bits per heavy atom. The average Bonchev–Trinajstić information content (AvgIpc) is 2.75. The van der Waals surface area contributed by atoms with Crippen LogP contribution in [0.4, 0.5) is 0 Å². The molecule has 0 aliphatic carbocycles. The summed E-state index contributed by atoms with van der Waals surface area (Å²) in [6.07, 6.45) is 1.61. The summed E-state index contributed by atoms with van der Waals surface area (Å²) in [4.78, 5) is 0. The second-order valence-electron chi connectivity index (χ2n) is 2.29. The maximum absolute atomic E-state index is 5.14. The molecule has 0 unspecified atom stereocenters. The quantitative estimate of drug-likeness (QED) is 0.741. The summed E-state index contributed by atoms with van der Waals surface area (Å²) in [5.41, 5.74) is 0.731. The van der Waals surface area contributed by atoms with Gasteiger partial charge < -0.3 is 8.94 Å². The van der Waals surface area contributed by atoms with E-state index in [4.69, 9.17) is 8.94 Å². The van der Waals surface area contributed by atoms with E-state index < -0.39 is 0 Å². The number of hydrogen-bond acceptors (Lipinski definition) is 3. The van der Waals surface area contributed by atoms with Gasteiger partial charge in [0, 0.05) is 6.07 Å². The third kappa shape index (κ3) is 1.30. The molecule has 0 atom stereocenters. The number of nitrogens with zero attached hydrogens (tertiary/aromatic N) is 1. The van der Waals surface area contributed by atoms with E-state index >= 15 is 0 Å². The van der Waals surface area contributed by atoms with Gasteiger partial charge in [-0.3, -0.25) is 0 Å². The molecule has 2 rings (SSSR count). The third-order valence-corrected chi connectivity index (χ3v) is 2.02. The maximum atomic E-state index is 5.14. The fourth-order valence-corrected chi connectivity index (χ4v) is 1.18. The van der Waals surface area contributed by atoms with E-state index in [-0.39, 0.29) is 0 Å². The van der Waals surface area contributed by atoms with Gasteiger partial charge in [-0.15, -0.1) is 0 Å². The Kier molecular flexibility index (Phi) is 1.99. The van der Waals surface area contributed by atoms with Gasteiger partial charge in [0.1, 0.15) is 11.5 Å². The first kappa shape index (κ1) is 7.61. The lowest BCUT2D eigenvalue weighted by molar-refractivity contribution is 0.396. The minimum Gasteiger partial charge on any atom is -0.463 e. The van der Waals surface area contributed by atoms with Gasteiger partial charge in [0.2, 0.25) is 0 Å². The molecule has 2 aromatic rings. The van der Waals surface area contributed by atoms with Crippen molar-refractivity contribution in [1.82, 2.24) is 5.16 Å². The van der Waals surface area contributed by atoms with Crippen LogP contribution in [-0.4, -0.2) is 5.16 Å². The molecule has 0 saturated heterocycles. The predicted octanol–water partition coefficient (Wildman–Crippen LogP) is 2.83. The summed E-state index contributed by atoms with van der Waals surface area (Å²) in [7, 11) is 0. The summed E-state index contributed by atoms with van der Waals surface area (Å²) < 4.78 is 10.1. The molecule has 0 bridgehead atoms. The van der Waals surface area contributed by atoms with Gasteiger partial charge in [-0.1, -0.05) is 21.1 Å². The van der Waals surface area contributed by atoms with E-state index in [1.807, 2.05) is 18.2 Å². The van der Waals surface area contributed by atoms with E-state index in [1.54, 1.807) is 6.26 Å². The molecule has 0 amide bonds. The van der Waals surface area contributed by atoms with Crippen molar-refractivity contribution in [2.45, 2.75) is 5.33 Å². The Labute approximate surface area is 77.5 Å². The number of furan rings is 1. The lowest BCUT2D eigenvalue weighted by Crippen LogP contribution is -1.68. The van der Waals surface area contributed by atoms with E-state index in [9.17, 15) is 0 Å². The van der Waals surface area contributed by atoms with Crippen LogP contribution in [-0.2, 0) is 5.33 Å². The number of alkyl halides is 1. The average molecular weight is 228 g/mol. The maximum Gasteiger partial charge on any atom is 0.155 e. The molecular formula is C8H6BrNO2. The van der Waals surface area contributed by atoms with Gasteiger partial charge in [0.15, 0.2) is 5.76 Å². The molecule has 0 aliphatic heterocycles. The van der Waals surface area contributed by atoms with Crippen molar-refractivity contribution in [2.75, 3.05) is 0 Å². The number of aromatic nitrogens is 1.